The van der Waals surface area contributed by atoms with Crippen LogP contribution in [0, 0.1) is 0 Å². The maximum atomic E-state index is 12.6. The fourth-order valence-electron chi connectivity index (χ4n) is 2.52. The van der Waals surface area contributed by atoms with E-state index in [0.29, 0.717) is 12.1 Å². The molecule has 0 aliphatic carbocycles. The van der Waals surface area contributed by atoms with E-state index in [2.05, 4.69) is 9.88 Å². The summed E-state index contributed by atoms with van der Waals surface area (Å²) in [5.74, 6) is 0.0701. The summed E-state index contributed by atoms with van der Waals surface area (Å²) in [4.78, 5) is 20.9. The van der Waals surface area contributed by atoms with Gasteiger partial charge in [-0.1, -0.05) is 0 Å². The first-order valence-corrected chi connectivity index (χ1v) is 7.40. The van der Waals surface area contributed by atoms with Crippen LogP contribution in [0.1, 0.15) is 22.5 Å². The van der Waals surface area contributed by atoms with E-state index in [9.17, 15) is 4.79 Å². The van der Waals surface area contributed by atoms with Crippen molar-refractivity contribution in [3.63, 3.8) is 0 Å². The number of rotatable bonds is 5. The van der Waals surface area contributed by atoms with Crippen LogP contribution in [0.15, 0.2) is 18.3 Å². The molecule has 0 unspecified atom stereocenters. The summed E-state index contributed by atoms with van der Waals surface area (Å²) >= 11 is 0. The molecule has 0 aromatic carbocycles. The fraction of sp³-hybridized carbons (Fsp3) is 0.600. The SMILES string of the molecule is COCCN1CCCN(C(=O)c2ccnc(CN)c2)CC1.Cl. The second kappa shape index (κ2) is 9.74. The lowest BCUT2D eigenvalue weighted by molar-refractivity contribution is 0.0759. The highest BCUT2D eigenvalue weighted by Crippen LogP contribution is 2.10. The van der Waals surface area contributed by atoms with Gasteiger partial charge in [0.05, 0.1) is 12.3 Å². The Morgan fingerprint density at radius 3 is 2.91 bits per heavy atom. The van der Waals surface area contributed by atoms with Crippen molar-refractivity contribution in [3.05, 3.63) is 29.6 Å². The average molecular weight is 329 g/mol. The quantitative estimate of drug-likeness (QED) is 0.864. The molecule has 0 atom stereocenters. The van der Waals surface area contributed by atoms with Gasteiger partial charge in [0, 0.05) is 51.6 Å². The Balaban J connectivity index is 0.00000242. The van der Waals surface area contributed by atoms with Gasteiger partial charge in [-0.25, -0.2) is 0 Å². The summed E-state index contributed by atoms with van der Waals surface area (Å²) in [6, 6.07) is 3.55. The molecule has 2 rings (SSSR count). The van der Waals surface area contributed by atoms with Crippen LogP contribution >= 0.6 is 12.4 Å². The van der Waals surface area contributed by atoms with Gasteiger partial charge in [0.2, 0.25) is 0 Å². The largest absolute Gasteiger partial charge is 0.383 e. The molecular weight excluding hydrogens is 304 g/mol. The third kappa shape index (κ3) is 5.21. The molecule has 0 spiro atoms. The van der Waals surface area contributed by atoms with Crippen LogP contribution in [-0.2, 0) is 11.3 Å². The van der Waals surface area contributed by atoms with Crippen LogP contribution in [0.4, 0.5) is 0 Å². The molecule has 1 fully saturated rings. The molecule has 124 valence electrons. The van der Waals surface area contributed by atoms with Crippen LogP contribution in [0.25, 0.3) is 0 Å². The van der Waals surface area contributed by atoms with Crippen LogP contribution in [0.5, 0.6) is 0 Å². The van der Waals surface area contributed by atoms with Crippen LogP contribution in [0.3, 0.4) is 0 Å². The number of carbonyl (C=O) groups is 1. The number of carbonyl (C=O) groups excluding carboxylic acids is 1. The van der Waals surface area contributed by atoms with Crippen molar-refractivity contribution in [1.82, 2.24) is 14.8 Å². The highest BCUT2D eigenvalue weighted by atomic mass is 35.5. The summed E-state index contributed by atoms with van der Waals surface area (Å²) in [7, 11) is 1.71. The maximum Gasteiger partial charge on any atom is 0.254 e. The monoisotopic (exact) mass is 328 g/mol. The van der Waals surface area contributed by atoms with Gasteiger partial charge in [0.1, 0.15) is 0 Å². The van der Waals surface area contributed by atoms with Crippen molar-refractivity contribution in [2.24, 2.45) is 5.73 Å². The number of amides is 1. The summed E-state index contributed by atoms with van der Waals surface area (Å²) < 4.78 is 5.11. The molecule has 1 aromatic rings. The number of pyridine rings is 1. The van der Waals surface area contributed by atoms with E-state index >= 15 is 0 Å². The molecule has 2 N–H and O–H groups in total. The number of methoxy groups -OCH3 is 1. The first-order chi connectivity index (χ1) is 10.2. The van der Waals surface area contributed by atoms with Gasteiger partial charge in [-0.2, -0.15) is 0 Å². The summed E-state index contributed by atoms with van der Waals surface area (Å²) in [6.45, 7) is 5.46. The average Bonchev–Trinajstić information content (AvgIpc) is 2.78. The van der Waals surface area contributed by atoms with Crippen molar-refractivity contribution < 1.29 is 9.53 Å². The lowest BCUT2D eigenvalue weighted by atomic mass is 10.2. The zero-order valence-electron chi connectivity index (χ0n) is 13.0. The second-order valence-corrected chi connectivity index (χ2v) is 5.22. The third-order valence-electron chi connectivity index (χ3n) is 3.76. The van der Waals surface area contributed by atoms with E-state index in [1.807, 2.05) is 4.90 Å². The normalized spacial score (nSPS) is 16.0. The summed E-state index contributed by atoms with van der Waals surface area (Å²) in [6.07, 6.45) is 2.64. The number of nitrogens with two attached hydrogens (primary N) is 1. The molecule has 1 aliphatic heterocycles. The number of halogens is 1. The number of hydrogen-bond acceptors (Lipinski definition) is 5. The first-order valence-electron chi connectivity index (χ1n) is 7.40. The Morgan fingerprint density at radius 1 is 1.36 bits per heavy atom. The van der Waals surface area contributed by atoms with E-state index in [1.165, 1.54) is 0 Å². The molecule has 22 heavy (non-hydrogen) atoms. The number of nitrogens with zero attached hydrogens (tertiary/aromatic N) is 3. The number of aromatic nitrogens is 1. The molecule has 6 nitrogen and oxygen atoms in total. The number of ether oxygens (including phenoxy) is 1. The maximum absolute atomic E-state index is 12.6. The minimum atomic E-state index is 0. The minimum Gasteiger partial charge on any atom is -0.383 e. The van der Waals surface area contributed by atoms with E-state index in [4.69, 9.17) is 10.5 Å². The smallest absolute Gasteiger partial charge is 0.254 e. The van der Waals surface area contributed by atoms with Crippen molar-refractivity contribution in [2.75, 3.05) is 46.4 Å². The van der Waals surface area contributed by atoms with Gasteiger partial charge in [-0.3, -0.25) is 14.7 Å². The van der Waals surface area contributed by atoms with Crippen LogP contribution in [0.2, 0.25) is 0 Å². The lowest BCUT2D eigenvalue weighted by Crippen LogP contribution is -2.36. The molecule has 7 heteroatoms. The van der Waals surface area contributed by atoms with Crippen molar-refractivity contribution in [3.8, 4) is 0 Å². The van der Waals surface area contributed by atoms with E-state index < -0.39 is 0 Å². The second-order valence-electron chi connectivity index (χ2n) is 5.22. The summed E-state index contributed by atoms with van der Waals surface area (Å²) in [5, 5.41) is 0. The molecular formula is C15H25ClN4O2. The standard InChI is InChI=1S/C15H24N4O2.ClH/c1-21-10-9-18-5-2-6-19(8-7-18)15(20)13-3-4-17-14(11-13)12-16;/h3-4,11H,2,5-10,12,16H2,1H3;1H. The van der Waals surface area contributed by atoms with Gasteiger partial charge in [-0.05, 0) is 25.1 Å². The molecule has 1 aromatic heterocycles. The molecule has 1 saturated heterocycles. The predicted molar refractivity (Wildman–Crippen MR) is 88.2 cm³/mol. The Kier molecular flexibility index (Phi) is 8.34. The highest BCUT2D eigenvalue weighted by molar-refractivity contribution is 5.94. The Labute approximate surface area is 138 Å². The van der Waals surface area contributed by atoms with Crippen molar-refractivity contribution in [2.45, 2.75) is 13.0 Å². The third-order valence-corrected chi connectivity index (χ3v) is 3.76. The molecule has 0 saturated carbocycles. The molecule has 1 amide bonds. The van der Waals surface area contributed by atoms with E-state index in [0.717, 1.165) is 51.4 Å². The van der Waals surface area contributed by atoms with Gasteiger partial charge in [0.25, 0.3) is 5.91 Å². The van der Waals surface area contributed by atoms with Crippen LogP contribution in [-0.4, -0.2) is 67.1 Å². The lowest BCUT2D eigenvalue weighted by Gasteiger charge is -2.22. The van der Waals surface area contributed by atoms with Gasteiger partial charge in [-0.15, -0.1) is 12.4 Å². The molecule has 1 aliphatic rings. The molecule has 0 radical (unpaired) electrons. The minimum absolute atomic E-state index is 0. The number of hydrogen-bond donors (Lipinski definition) is 1. The van der Waals surface area contributed by atoms with Crippen molar-refractivity contribution >= 4 is 18.3 Å². The topological polar surface area (TPSA) is 71.7 Å². The van der Waals surface area contributed by atoms with Crippen molar-refractivity contribution in [1.29, 1.82) is 0 Å². The molecule has 2 heterocycles. The zero-order valence-corrected chi connectivity index (χ0v) is 13.8. The highest BCUT2D eigenvalue weighted by Gasteiger charge is 2.20. The van der Waals surface area contributed by atoms with Gasteiger partial charge < -0.3 is 15.4 Å². The zero-order chi connectivity index (χ0) is 15.1. The summed E-state index contributed by atoms with van der Waals surface area (Å²) in [5.41, 5.74) is 7.01. The van der Waals surface area contributed by atoms with Gasteiger partial charge in [0.15, 0.2) is 0 Å². The molecule has 0 bridgehead atoms. The van der Waals surface area contributed by atoms with Gasteiger partial charge >= 0.3 is 0 Å². The Hall–Kier alpha value is -1.21. The Bertz CT molecular complexity index is 473. The van der Waals surface area contributed by atoms with Crippen LogP contribution < -0.4 is 5.73 Å². The van der Waals surface area contributed by atoms with E-state index in [-0.39, 0.29) is 18.3 Å². The Morgan fingerprint density at radius 2 is 2.18 bits per heavy atom. The first kappa shape index (κ1) is 18.8. The fourth-order valence-corrected chi connectivity index (χ4v) is 2.52. The predicted octanol–water partition coefficient (Wildman–Crippen LogP) is 0.756. The van der Waals surface area contributed by atoms with E-state index in [1.54, 1.807) is 25.4 Å².